The molecule has 1 N–H and O–H groups in total. The lowest BCUT2D eigenvalue weighted by molar-refractivity contribution is 0.679. The fraction of sp³-hybridized carbons (Fsp3) is 0.143. The van der Waals surface area contributed by atoms with E-state index in [-0.39, 0.29) is 0 Å². The second-order valence-electron chi connectivity index (χ2n) is 3.63. The summed E-state index contributed by atoms with van der Waals surface area (Å²) in [5, 5.41) is 0. The monoisotopic (exact) mass is 232 g/mol. The highest BCUT2D eigenvalue weighted by Crippen LogP contribution is 2.26. The van der Waals surface area contributed by atoms with E-state index in [1.54, 1.807) is 0 Å². The number of thiol groups is 1. The Morgan fingerprint density at radius 1 is 0.750 bits per heavy atom. The van der Waals surface area contributed by atoms with Crippen molar-refractivity contribution in [3.63, 3.8) is 0 Å². The van der Waals surface area contributed by atoms with Crippen molar-refractivity contribution in [2.75, 3.05) is 0 Å². The maximum atomic E-state index is 6.69. The summed E-state index contributed by atoms with van der Waals surface area (Å²) in [5.41, 5.74) is 5.36. The molecule has 16 heavy (non-hydrogen) atoms. The number of hydrogen-bond donors (Lipinski definition) is 2. The van der Waals surface area contributed by atoms with Gasteiger partial charge in [0.25, 0.3) is 0 Å². The van der Waals surface area contributed by atoms with Crippen LogP contribution in [0.25, 0.3) is 11.1 Å². The summed E-state index contributed by atoms with van der Waals surface area (Å²) in [6.45, 7) is 4.32. The number of rotatable bonds is 1. The first-order valence-electron chi connectivity index (χ1n) is 5.10. The summed E-state index contributed by atoms with van der Waals surface area (Å²) in [4.78, 5) is 0. The maximum Gasteiger partial charge on any atom is -0.0125 e. The molecule has 0 atom stereocenters. The van der Waals surface area contributed by atoms with E-state index in [9.17, 15) is 0 Å². The molecule has 84 valence electrons. The van der Waals surface area contributed by atoms with Gasteiger partial charge in [0.1, 0.15) is 0 Å². The molecule has 0 heterocycles. The van der Waals surface area contributed by atoms with Gasteiger partial charge in [-0.15, -0.1) is 0 Å². The number of aryl methyl sites for hydroxylation is 2. The van der Waals surface area contributed by atoms with E-state index in [0.29, 0.717) is 0 Å². The molecule has 2 rings (SSSR count). The van der Waals surface area contributed by atoms with Gasteiger partial charge in [-0.3, -0.25) is 0 Å². The molecule has 0 aliphatic carbocycles. The van der Waals surface area contributed by atoms with Crippen molar-refractivity contribution >= 4 is 12.9 Å². The van der Waals surface area contributed by atoms with Crippen molar-refractivity contribution in [2.45, 2.75) is 13.8 Å². The lowest BCUT2D eigenvalue weighted by Crippen LogP contribution is -1.86. The standard InChI is InChI=1S/C14H14.H2OS/c1-11-7-6-8-12(2)14(11)13-9-4-3-5-10-13;1-2/h3-10H,1-2H3;1-2H. The zero-order valence-corrected chi connectivity index (χ0v) is 10.4. The first kappa shape index (κ1) is 12.8. The minimum atomic E-state index is 1.31. The molecule has 0 bridgehead atoms. The minimum Gasteiger partial charge on any atom is -0.333 e. The second-order valence-corrected chi connectivity index (χ2v) is 3.63. The summed E-state index contributed by atoms with van der Waals surface area (Å²) >= 11 is 2.53. The van der Waals surface area contributed by atoms with Crippen molar-refractivity contribution in [1.82, 2.24) is 0 Å². The maximum absolute atomic E-state index is 6.69. The Kier molecular flexibility index (Phi) is 5.09. The highest BCUT2D eigenvalue weighted by Gasteiger charge is 2.03. The molecule has 2 aromatic rings. The molecule has 0 fully saturated rings. The Balaban J connectivity index is 0.000000606. The van der Waals surface area contributed by atoms with Gasteiger partial charge in [-0.1, -0.05) is 48.5 Å². The molecule has 1 nitrogen and oxygen atoms in total. The zero-order chi connectivity index (χ0) is 12.0. The van der Waals surface area contributed by atoms with Gasteiger partial charge >= 0.3 is 0 Å². The van der Waals surface area contributed by atoms with E-state index in [2.05, 4.69) is 75.3 Å². The van der Waals surface area contributed by atoms with E-state index in [1.165, 1.54) is 22.3 Å². The molecular weight excluding hydrogens is 216 g/mol. The Hall–Kier alpha value is -1.25. The third-order valence-corrected chi connectivity index (χ3v) is 2.54. The van der Waals surface area contributed by atoms with Crippen LogP contribution in [0.15, 0.2) is 48.5 Å². The molecule has 0 unspecified atom stereocenters. The predicted molar refractivity (Wildman–Crippen MR) is 73.0 cm³/mol. The quantitative estimate of drug-likeness (QED) is 0.553. The van der Waals surface area contributed by atoms with Gasteiger partial charge in [0.2, 0.25) is 0 Å². The van der Waals surface area contributed by atoms with Crippen molar-refractivity contribution < 1.29 is 4.55 Å². The van der Waals surface area contributed by atoms with E-state index < -0.39 is 0 Å². The highest BCUT2D eigenvalue weighted by atomic mass is 32.1. The summed E-state index contributed by atoms with van der Waals surface area (Å²) in [7, 11) is 0. The van der Waals surface area contributed by atoms with Crippen molar-refractivity contribution in [1.29, 1.82) is 0 Å². The normalized spacial score (nSPS) is 9.25. The zero-order valence-electron chi connectivity index (χ0n) is 9.51. The second kappa shape index (κ2) is 6.36. The Morgan fingerprint density at radius 3 is 1.75 bits per heavy atom. The molecule has 0 saturated heterocycles. The Bertz CT molecular complexity index is 417. The fourth-order valence-corrected chi connectivity index (χ4v) is 1.87. The van der Waals surface area contributed by atoms with Crippen LogP contribution < -0.4 is 0 Å². The molecular formula is C14H16OS. The largest absolute Gasteiger partial charge is 0.333 e. The van der Waals surface area contributed by atoms with E-state index >= 15 is 0 Å². The van der Waals surface area contributed by atoms with E-state index in [1.807, 2.05) is 0 Å². The van der Waals surface area contributed by atoms with Crippen LogP contribution in [0.1, 0.15) is 11.1 Å². The van der Waals surface area contributed by atoms with Crippen LogP contribution in [0, 0.1) is 13.8 Å². The van der Waals surface area contributed by atoms with Gasteiger partial charge in [0.15, 0.2) is 0 Å². The number of benzene rings is 2. The summed E-state index contributed by atoms with van der Waals surface area (Å²) in [5.74, 6) is 0. The Morgan fingerprint density at radius 2 is 1.25 bits per heavy atom. The molecule has 0 amide bonds. The molecule has 0 aliphatic rings. The van der Waals surface area contributed by atoms with Crippen LogP contribution in [0.5, 0.6) is 0 Å². The van der Waals surface area contributed by atoms with Crippen molar-refractivity contribution in [3.05, 3.63) is 59.7 Å². The molecule has 0 aromatic heterocycles. The van der Waals surface area contributed by atoms with Gasteiger partial charge in [-0.2, -0.15) is 0 Å². The van der Waals surface area contributed by atoms with Crippen LogP contribution in [0.4, 0.5) is 0 Å². The first-order valence-corrected chi connectivity index (χ1v) is 5.50. The lowest BCUT2D eigenvalue weighted by Gasteiger charge is -2.09. The average Bonchev–Trinajstić information content (AvgIpc) is 2.33. The van der Waals surface area contributed by atoms with E-state index in [4.69, 9.17) is 4.55 Å². The third-order valence-electron chi connectivity index (χ3n) is 2.54. The van der Waals surface area contributed by atoms with Crippen LogP contribution in [-0.2, 0) is 0 Å². The van der Waals surface area contributed by atoms with Gasteiger partial charge in [-0.05, 0) is 49.0 Å². The SMILES string of the molecule is Cc1cccc(C)c1-c1ccccc1.OS. The van der Waals surface area contributed by atoms with E-state index in [0.717, 1.165) is 0 Å². The minimum absolute atomic E-state index is 1.31. The number of hydrogen-bond acceptors (Lipinski definition) is 2. The lowest BCUT2D eigenvalue weighted by atomic mass is 9.96. The summed E-state index contributed by atoms with van der Waals surface area (Å²) in [6.07, 6.45) is 0. The molecule has 0 spiro atoms. The fourth-order valence-electron chi connectivity index (χ4n) is 1.87. The summed E-state index contributed by atoms with van der Waals surface area (Å²) in [6, 6.07) is 17.0. The average molecular weight is 232 g/mol. The van der Waals surface area contributed by atoms with Gasteiger partial charge in [0.05, 0.1) is 0 Å². The topological polar surface area (TPSA) is 20.2 Å². The third kappa shape index (κ3) is 2.87. The van der Waals surface area contributed by atoms with Gasteiger partial charge < -0.3 is 4.55 Å². The van der Waals surface area contributed by atoms with Crippen molar-refractivity contribution in [3.8, 4) is 11.1 Å². The van der Waals surface area contributed by atoms with Gasteiger partial charge in [0, 0.05) is 0 Å². The van der Waals surface area contributed by atoms with Crippen LogP contribution in [-0.4, -0.2) is 4.55 Å². The van der Waals surface area contributed by atoms with Crippen LogP contribution >= 0.6 is 12.9 Å². The van der Waals surface area contributed by atoms with Crippen molar-refractivity contribution in [2.24, 2.45) is 0 Å². The molecule has 2 aromatic carbocycles. The highest BCUT2D eigenvalue weighted by molar-refractivity contribution is 7.74. The van der Waals surface area contributed by atoms with Gasteiger partial charge in [-0.25, -0.2) is 0 Å². The molecule has 2 heteroatoms. The van der Waals surface area contributed by atoms with Crippen LogP contribution in [0.3, 0.4) is 0 Å². The smallest absolute Gasteiger partial charge is 0.0125 e. The van der Waals surface area contributed by atoms with Crippen LogP contribution in [0.2, 0.25) is 0 Å². The predicted octanol–water partition coefficient (Wildman–Crippen LogP) is 4.36. The Labute approximate surface area is 102 Å². The molecule has 0 aliphatic heterocycles. The molecule has 0 saturated carbocycles. The first-order chi connectivity index (χ1) is 7.79. The summed E-state index contributed by atoms with van der Waals surface area (Å²) < 4.78 is 6.69. The molecule has 0 radical (unpaired) electrons.